The van der Waals surface area contributed by atoms with E-state index < -0.39 is 0 Å². The first kappa shape index (κ1) is 14.5. The largest absolute Gasteiger partial charge is 0.506 e. The number of unbranched alkanes of at least 4 members (excludes halogenated alkanes) is 2. The van der Waals surface area contributed by atoms with Crippen LogP contribution in [0.4, 0.5) is 5.69 Å². The van der Waals surface area contributed by atoms with E-state index in [1.807, 2.05) is 0 Å². The molecule has 0 fully saturated rings. The first-order valence-electron chi connectivity index (χ1n) is 5.52. The molecular weight excluding hydrogens is 350 g/mol. The van der Waals surface area contributed by atoms with Crippen molar-refractivity contribution in [2.75, 3.05) is 5.32 Å². The van der Waals surface area contributed by atoms with Crippen molar-refractivity contribution in [3.8, 4) is 5.75 Å². The molecule has 94 valence electrons. The number of rotatable bonds is 5. The quantitative estimate of drug-likeness (QED) is 0.599. The fourth-order valence-corrected chi connectivity index (χ4v) is 2.58. The van der Waals surface area contributed by atoms with Gasteiger partial charge >= 0.3 is 0 Å². The Morgan fingerprint density at radius 2 is 1.88 bits per heavy atom. The van der Waals surface area contributed by atoms with Crippen LogP contribution < -0.4 is 5.32 Å². The van der Waals surface area contributed by atoms with E-state index in [0.717, 1.165) is 19.3 Å². The molecular formula is C12H15Br2NO2. The molecule has 0 radical (unpaired) electrons. The maximum absolute atomic E-state index is 11.6. The van der Waals surface area contributed by atoms with Gasteiger partial charge in [-0.2, -0.15) is 0 Å². The molecule has 0 heterocycles. The molecule has 5 heteroatoms. The van der Waals surface area contributed by atoms with E-state index >= 15 is 0 Å². The van der Waals surface area contributed by atoms with Gasteiger partial charge in [0, 0.05) is 12.1 Å². The van der Waals surface area contributed by atoms with Crippen molar-refractivity contribution in [1.82, 2.24) is 0 Å². The maximum atomic E-state index is 11.6. The van der Waals surface area contributed by atoms with E-state index in [1.54, 1.807) is 12.1 Å². The summed E-state index contributed by atoms with van der Waals surface area (Å²) in [5, 5.41) is 12.3. The average molecular weight is 365 g/mol. The molecule has 0 bridgehead atoms. The molecule has 2 N–H and O–H groups in total. The van der Waals surface area contributed by atoms with Crippen molar-refractivity contribution in [2.45, 2.75) is 32.6 Å². The number of carbonyl (C=O) groups excluding carboxylic acids is 1. The third-order valence-corrected chi connectivity index (χ3v) is 3.52. The van der Waals surface area contributed by atoms with E-state index in [1.165, 1.54) is 0 Å². The molecule has 1 rings (SSSR count). The first-order valence-corrected chi connectivity index (χ1v) is 7.11. The summed E-state index contributed by atoms with van der Waals surface area (Å²) >= 11 is 6.44. The van der Waals surface area contributed by atoms with Gasteiger partial charge in [-0.1, -0.05) is 19.8 Å². The van der Waals surface area contributed by atoms with Gasteiger partial charge in [0.25, 0.3) is 0 Å². The summed E-state index contributed by atoms with van der Waals surface area (Å²) in [6, 6.07) is 3.36. The molecule has 0 aromatic heterocycles. The Balaban J connectivity index is 2.60. The highest BCUT2D eigenvalue weighted by molar-refractivity contribution is 9.11. The second kappa shape index (κ2) is 7.01. The van der Waals surface area contributed by atoms with Crippen molar-refractivity contribution >= 4 is 43.5 Å². The lowest BCUT2D eigenvalue weighted by Gasteiger charge is -2.08. The fraction of sp³-hybridized carbons (Fsp3) is 0.417. The highest BCUT2D eigenvalue weighted by atomic mass is 79.9. The van der Waals surface area contributed by atoms with Gasteiger partial charge in [0.05, 0.1) is 8.95 Å². The smallest absolute Gasteiger partial charge is 0.224 e. The van der Waals surface area contributed by atoms with Gasteiger partial charge in [-0.25, -0.2) is 0 Å². The van der Waals surface area contributed by atoms with Crippen molar-refractivity contribution in [3.05, 3.63) is 21.1 Å². The average Bonchev–Trinajstić information content (AvgIpc) is 2.26. The zero-order valence-corrected chi connectivity index (χ0v) is 12.8. The van der Waals surface area contributed by atoms with Gasteiger partial charge in [-0.05, 0) is 50.4 Å². The highest BCUT2D eigenvalue weighted by Crippen LogP contribution is 2.35. The Morgan fingerprint density at radius 3 is 2.41 bits per heavy atom. The number of hydrogen-bond acceptors (Lipinski definition) is 2. The number of nitrogens with one attached hydrogen (secondary N) is 1. The molecule has 0 aliphatic heterocycles. The fourth-order valence-electron chi connectivity index (χ4n) is 1.40. The Bertz CT molecular complexity index is 384. The SMILES string of the molecule is CCCCCC(=O)Nc1cc(Br)c(O)c(Br)c1. The van der Waals surface area contributed by atoms with Crippen molar-refractivity contribution in [1.29, 1.82) is 0 Å². The van der Waals surface area contributed by atoms with Crippen LogP contribution in [-0.4, -0.2) is 11.0 Å². The number of carbonyl (C=O) groups is 1. The number of phenolic OH excluding ortho intramolecular Hbond substituents is 1. The second-order valence-electron chi connectivity index (χ2n) is 3.79. The molecule has 3 nitrogen and oxygen atoms in total. The molecule has 0 saturated carbocycles. The van der Waals surface area contributed by atoms with Crippen molar-refractivity contribution in [3.63, 3.8) is 0 Å². The standard InChI is InChI=1S/C12H15Br2NO2/c1-2-3-4-5-11(16)15-8-6-9(13)12(17)10(14)7-8/h6-7,17H,2-5H2,1H3,(H,15,16). The van der Waals surface area contributed by atoms with E-state index in [4.69, 9.17) is 0 Å². The van der Waals surface area contributed by atoms with Crippen LogP contribution in [0.5, 0.6) is 5.75 Å². The minimum Gasteiger partial charge on any atom is -0.506 e. The number of benzene rings is 1. The van der Waals surface area contributed by atoms with Crippen LogP contribution in [0, 0.1) is 0 Å². The maximum Gasteiger partial charge on any atom is 0.224 e. The Labute approximate surface area is 118 Å². The monoisotopic (exact) mass is 363 g/mol. The zero-order valence-electron chi connectivity index (χ0n) is 9.59. The molecule has 1 amide bonds. The van der Waals surface area contributed by atoms with Gasteiger partial charge in [-0.15, -0.1) is 0 Å². The lowest BCUT2D eigenvalue weighted by molar-refractivity contribution is -0.116. The molecule has 0 spiro atoms. The number of amides is 1. The van der Waals surface area contributed by atoms with E-state index in [9.17, 15) is 9.90 Å². The van der Waals surface area contributed by atoms with Gasteiger partial charge in [0.1, 0.15) is 5.75 Å². The van der Waals surface area contributed by atoms with Crippen molar-refractivity contribution in [2.24, 2.45) is 0 Å². The van der Waals surface area contributed by atoms with Gasteiger partial charge in [0.15, 0.2) is 0 Å². The first-order chi connectivity index (χ1) is 8.04. The third kappa shape index (κ3) is 4.68. The number of phenols is 1. The van der Waals surface area contributed by atoms with Crippen LogP contribution in [-0.2, 0) is 4.79 Å². The molecule has 17 heavy (non-hydrogen) atoms. The summed E-state index contributed by atoms with van der Waals surface area (Å²) in [7, 11) is 0. The molecule has 0 aliphatic carbocycles. The van der Waals surface area contributed by atoms with Crippen LogP contribution in [0.3, 0.4) is 0 Å². The summed E-state index contributed by atoms with van der Waals surface area (Å²) in [4.78, 5) is 11.6. The molecule has 0 unspecified atom stereocenters. The van der Waals surface area contributed by atoms with Gasteiger partial charge in [0.2, 0.25) is 5.91 Å². The minimum absolute atomic E-state index is 0.00272. The lowest BCUT2D eigenvalue weighted by Crippen LogP contribution is -2.11. The third-order valence-electron chi connectivity index (χ3n) is 2.31. The normalized spacial score (nSPS) is 10.3. The summed E-state index contributed by atoms with van der Waals surface area (Å²) in [6.07, 6.45) is 3.60. The number of halogens is 2. The lowest BCUT2D eigenvalue weighted by atomic mass is 10.2. The predicted molar refractivity (Wildman–Crippen MR) is 76.3 cm³/mol. The summed E-state index contributed by atoms with van der Waals surface area (Å²) in [5.74, 6) is 0.136. The minimum atomic E-state index is 0.00272. The number of anilines is 1. The zero-order chi connectivity index (χ0) is 12.8. The van der Waals surface area contributed by atoms with E-state index in [2.05, 4.69) is 44.1 Å². The van der Waals surface area contributed by atoms with Crippen LogP contribution in [0.1, 0.15) is 32.6 Å². The van der Waals surface area contributed by atoms with Crippen molar-refractivity contribution < 1.29 is 9.90 Å². The van der Waals surface area contributed by atoms with Crippen LogP contribution in [0.15, 0.2) is 21.1 Å². The Kier molecular flexibility index (Phi) is 5.98. The van der Waals surface area contributed by atoms with Gasteiger partial charge in [-0.3, -0.25) is 4.79 Å². The topological polar surface area (TPSA) is 49.3 Å². The number of hydrogen-bond donors (Lipinski definition) is 2. The van der Waals surface area contributed by atoms with Crippen LogP contribution in [0.25, 0.3) is 0 Å². The summed E-state index contributed by atoms with van der Waals surface area (Å²) in [6.45, 7) is 2.10. The van der Waals surface area contributed by atoms with Crippen LogP contribution in [0.2, 0.25) is 0 Å². The Hall–Kier alpha value is -0.550. The highest BCUT2D eigenvalue weighted by Gasteiger charge is 2.08. The molecule has 0 saturated heterocycles. The summed E-state index contributed by atoms with van der Waals surface area (Å²) in [5.41, 5.74) is 0.669. The van der Waals surface area contributed by atoms with E-state index in [-0.39, 0.29) is 11.7 Å². The van der Waals surface area contributed by atoms with E-state index in [0.29, 0.717) is 21.1 Å². The summed E-state index contributed by atoms with van der Waals surface area (Å²) < 4.78 is 1.10. The second-order valence-corrected chi connectivity index (χ2v) is 5.50. The molecule has 0 aliphatic rings. The number of aromatic hydroxyl groups is 1. The van der Waals surface area contributed by atoms with Crippen LogP contribution >= 0.6 is 31.9 Å². The Morgan fingerprint density at radius 1 is 1.29 bits per heavy atom. The molecule has 0 atom stereocenters. The molecule has 1 aromatic rings. The van der Waals surface area contributed by atoms with Gasteiger partial charge < -0.3 is 10.4 Å². The molecule has 1 aromatic carbocycles. The predicted octanol–water partition coefficient (Wildman–Crippen LogP) is 4.44.